The van der Waals surface area contributed by atoms with Crippen LogP contribution in [0.5, 0.6) is 0 Å². The highest BCUT2D eigenvalue weighted by atomic mass is 16.5. The SMILES string of the molecule is O=c1[nH]cnc2c1ncn2[C@H]1C[C@@H](CO)O1. The highest BCUT2D eigenvalue weighted by Gasteiger charge is 2.32. The zero-order valence-corrected chi connectivity index (χ0v) is 8.33. The quantitative estimate of drug-likeness (QED) is 0.707. The maximum Gasteiger partial charge on any atom is 0.278 e. The number of aliphatic hydroxyl groups is 1. The normalized spacial score (nSPS) is 24.6. The summed E-state index contributed by atoms with van der Waals surface area (Å²) in [7, 11) is 0. The van der Waals surface area contributed by atoms with Gasteiger partial charge in [0.25, 0.3) is 5.56 Å². The minimum Gasteiger partial charge on any atom is -0.394 e. The molecule has 2 atom stereocenters. The average molecular weight is 222 g/mol. The first kappa shape index (κ1) is 9.49. The van der Waals surface area contributed by atoms with E-state index in [0.29, 0.717) is 17.6 Å². The number of imidazole rings is 1. The number of ether oxygens (including phenoxy) is 1. The zero-order valence-electron chi connectivity index (χ0n) is 8.33. The van der Waals surface area contributed by atoms with Gasteiger partial charge in [-0.1, -0.05) is 0 Å². The number of aromatic nitrogens is 4. The van der Waals surface area contributed by atoms with E-state index < -0.39 is 0 Å². The molecule has 1 aliphatic heterocycles. The third kappa shape index (κ3) is 1.25. The molecule has 1 saturated heterocycles. The van der Waals surface area contributed by atoms with Gasteiger partial charge < -0.3 is 14.8 Å². The second-order valence-corrected chi connectivity index (χ2v) is 3.69. The van der Waals surface area contributed by atoms with Gasteiger partial charge in [0.05, 0.1) is 25.4 Å². The van der Waals surface area contributed by atoms with Gasteiger partial charge in [-0.3, -0.25) is 9.36 Å². The van der Waals surface area contributed by atoms with Gasteiger partial charge in [-0.15, -0.1) is 0 Å². The smallest absolute Gasteiger partial charge is 0.278 e. The van der Waals surface area contributed by atoms with E-state index in [2.05, 4.69) is 15.0 Å². The second-order valence-electron chi connectivity index (χ2n) is 3.69. The Bertz CT molecular complexity index is 569. The third-order valence-electron chi connectivity index (χ3n) is 2.69. The summed E-state index contributed by atoms with van der Waals surface area (Å²) in [5, 5.41) is 8.84. The van der Waals surface area contributed by atoms with Crippen molar-refractivity contribution in [2.75, 3.05) is 6.61 Å². The minimum atomic E-state index is -0.262. The molecular weight excluding hydrogens is 212 g/mol. The monoisotopic (exact) mass is 222 g/mol. The Hall–Kier alpha value is -1.73. The van der Waals surface area contributed by atoms with Crippen molar-refractivity contribution >= 4 is 11.2 Å². The van der Waals surface area contributed by atoms with Gasteiger partial charge in [0, 0.05) is 6.42 Å². The Morgan fingerprint density at radius 2 is 2.44 bits per heavy atom. The Morgan fingerprint density at radius 3 is 3.19 bits per heavy atom. The van der Waals surface area contributed by atoms with Crippen LogP contribution in [0.3, 0.4) is 0 Å². The van der Waals surface area contributed by atoms with Crippen LogP contribution in [0.25, 0.3) is 11.2 Å². The molecule has 2 aromatic heterocycles. The van der Waals surface area contributed by atoms with Gasteiger partial charge in [-0.05, 0) is 0 Å². The van der Waals surface area contributed by atoms with Gasteiger partial charge in [-0.2, -0.15) is 0 Å². The predicted octanol–water partition coefficient (Wildman–Crippen LogP) is -0.601. The molecule has 2 N–H and O–H groups in total. The van der Waals surface area contributed by atoms with Crippen LogP contribution in [0.2, 0.25) is 0 Å². The summed E-state index contributed by atoms with van der Waals surface area (Å²) in [5.41, 5.74) is 0.547. The van der Waals surface area contributed by atoms with Crippen molar-refractivity contribution in [3.8, 4) is 0 Å². The van der Waals surface area contributed by atoms with Gasteiger partial charge in [0.2, 0.25) is 0 Å². The molecule has 3 rings (SSSR count). The molecule has 0 saturated carbocycles. The lowest BCUT2D eigenvalue weighted by atomic mass is 10.1. The van der Waals surface area contributed by atoms with E-state index in [1.807, 2.05) is 0 Å². The van der Waals surface area contributed by atoms with Crippen molar-refractivity contribution in [3.05, 3.63) is 23.0 Å². The van der Waals surface area contributed by atoms with Crippen LogP contribution in [0.15, 0.2) is 17.4 Å². The summed E-state index contributed by atoms with van der Waals surface area (Å²) >= 11 is 0. The molecule has 84 valence electrons. The number of rotatable bonds is 2. The fraction of sp³-hybridized carbons (Fsp3) is 0.444. The van der Waals surface area contributed by atoms with E-state index in [0.717, 1.165) is 0 Å². The van der Waals surface area contributed by atoms with E-state index in [4.69, 9.17) is 9.84 Å². The molecule has 7 heteroatoms. The number of aromatic amines is 1. The molecule has 0 bridgehead atoms. The van der Waals surface area contributed by atoms with Crippen LogP contribution in [0.4, 0.5) is 0 Å². The average Bonchev–Trinajstić information content (AvgIpc) is 2.62. The molecule has 0 radical (unpaired) electrons. The van der Waals surface area contributed by atoms with Crippen LogP contribution in [0, 0.1) is 0 Å². The van der Waals surface area contributed by atoms with Gasteiger partial charge in [-0.25, -0.2) is 9.97 Å². The lowest BCUT2D eigenvalue weighted by molar-refractivity contribution is -0.178. The maximum absolute atomic E-state index is 11.4. The number of hydrogen-bond donors (Lipinski definition) is 2. The summed E-state index contributed by atoms with van der Waals surface area (Å²) in [6.45, 7) is 0.0111. The highest BCUT2D eigenvalue weighted by Crippen LogP contribution is 2.31. The lowest BCUT2D eigenvalue weighted by Crippen LogP contribution is -2.37. The largest absolute Gasteiger partial charge is 0.394 e. The van der Waals surface area contributed by atoms with Crippen LogP contribution in [-0.2, 0) is 4.74 Å². The number of fused-ring (bicyclic) bond motifs is 1. The van der Waals surface area contributed by atoms with E-state index in [1.54, 1.807) is 4.57 Å². The van der Waals surface area contributed by atoms with Gasteiger partial charge >= 0.3 is 0 Å². The van der Waals surface area contributed by atoms with Crippen molar-refractivity contribution in [1.29, 1.82) is 0 Å². The Kier molecular flexibility index (Phi) is 2.01. The Labute approximate surface area is 89.7 Å². The molecule has 1 aliphatic rings. The minimum absolute atomic E-state index is 0.0111. The summed E-state index contributed by atoms with van der Waals surface area (Å²) in [5.74, 6) is 0. The summed E-state index contributed by atoms with van der Waals surface area (Å²) in [6.07, 6.45) is 3.27. The molecule has 0 unspecified atom stereocenters. The van der Waals surface area contributed by atoms with E-state index in [9.17, 15) is 4.79 Å². The van der Waals surface area contributed by atoms with Crippen molar-refractivity contribution in [1.82, 2.24) is 19.5 Å². The first-order valence-corrected chi connectivity index (χ1v) is 4.96. The fourth-order valence-corrected chi connectivity index (χ4v) is 1.81. The van der Waals surface area contributed by atoms with Gasteiger partial charge in [0.15, 0.2) is 11.2 Å². The number of nitrogens with zero attached hydrogens (tertiary/aromatic N) is 3. The predicted molar refractivity (Wildman–Crippen MR) is 53.8 cm³/mol. The van der Waals surface area contributed by atoms with Crippen molar-refractivity contribution in [3.63, 3.8) is 0 Å². The molecule has 1 fully saturated rings. The maximum atomic E-state index is 11.4. The van der Waals surface area contributed by atoms with Crippen LogP contribution in [0.1, 0.15) is 12.6 Å². The topological polar surface area (TPSA) is 93.0 Å². The second kappa shape index (κ2) is 3.39. The van der Waals surface area contributed by atoms with Gasteiger partial charge in [0.1, 0.15) is 6.23 Å². The molecule has 0 amide bonds. The summed E-state index contributed by atoms with van der Waals surface area (Å²) in [6, 6.07) is 0. The van der Waals surface area contributed by atoms with E-state index in [1.165, 1.54) is 12.7 Å². The molecular formula is C9H10N4O3. The molecule has 0 aliphatic carbocycles. The molecule has 16 heavy (non-hydrogen) atoms. The van der Waals surface area contributed by atoms with E-state index >= 15 is 0 Å². The van der Waals surface area contributed by atoms with Crippen molar-refractivity contribution < 1.29 is 9.84 Å². The Balaban J connectivity index is 2.00. The third-order valence-corrected chi connectivity index (χ3v) is 2.69. The number of H-pyrrole nitrogens is 1. The zero-order chi connectivity index (χ0) is 11.1. The van der Waals surface area contributed by atoms with Crippen molar-refractivity contribution in [2.24, 2.45) is 0 Å². The fourth-order valence-electron chi connectivity index (χ4n) is 1.81. The number of nitrogens with one attached hydrogen (secondary N) is 1. The molecule has 7 nitrogen and oxygen atoms in total. The summed E-state index contributed by atoms with van der Waals surface area (Å²) < 4.78 is 7.11. The van der Waals surface area contributed by atoms with Crippen LogP contribution < -0.4 is 5.56 Å². The first-order valence-electron chi connectivity index (χ1n) is 4.96. The molecule has 0 spiro atoms. The molecule has 0 aromatic carbocycles. The number of aliphatic hydroxyl groups excluding tert-OH is 1. The standard InChI is InChI=1S/C9H10N4O3/c14-2-5-1-6(16-5)13-4-12-7-8(13)10-3-11-9(7)15/h3-6,14H,1-2H2,(H,10,11,15)/t5-,6+/m0/s1. The molecule has 2 aromatic rings. The number of hydrogen-bond acceptors (Lipinski definition) is 5. The Morgan fingerprint density at radius 1 is 1.62 bits per heavy atom. The van der Waals surface area contributed by atoms with Crippen LogP contribution >= 0.6 is 0 Å². The first-order chi connectivity index (χ1) is 7.79. The lowest BCUT2D eigenvalue weighted by Gasteiger charge is -2.35. The highest BCUT2D eigenvalue weighted by molar-refractivity contribution is 5.68. The van der Waals surface area contributed by atoms with Crippen LogP contribution in [-0.4, -0.2) is 37.3 Å². The summed E-state index contributed by atoms with van der Waals surface area (Å²) in [4.78, 5) is 21.9. The van der Waals surface area contributed by atoms with E-state index in [-0.39, 0.29) is 24.5 Å². The molecule has 3 heterocycles. The van der Waals surface area contributed by atoms with Crippen molar-refractivity contribution in [2.45, 2.75) is 18.8 Å².